The second-order valence-corrected chi connectivity index (χ2v) is 4.73. The Balaban J connectivity index is 1.88. The van der Waals surface area contributed by atoms with Crippen molar-refractivity contribution in [1.82, 2.24) is 9.80 Å². The van der Waals surface area contributed by atoms with Crippen molar-refractivity contribution in [3.05, 3.63) is 0 Å². The van der Waals surface area contributed by atoms with E-state index in [-0.39, 0.29) is 0 Å². The third-order valence-electron chi connectivity index (χ3n) is 3.54. The minimum atomic E-state index is -0.764. The van der Waals surface area contributed by atoms with Gasteiger partial charge in [0.15, 0.2) is 0 Å². The zero-order chi connectivity index (χ0) is 10.8. The van der Waals surface area contributed by atoms with Crippen LogP contribution in [0, 0.1) is 5.92 Å². The molecule has 2 rings (SSSR count). The lowest BCUT2D eigenvalue weighted by Crippen LogP contribution is -2.54. The van der Waals surface area contributed by atoms with Crippen molar-refractivity contribution in [2.45, 2.75) is 32.2 Å². The monoisotopic (exact) mass is 212 g/mol. The first-order chi connectivity index (χ1) is 7.20. The molecule has 0 radical (unpaired) electrons. The zero-order valence-electron chi connectivity index (χ0n) is 9.35. The van der Waals surface area contributed by atoms with Crippen molar-refractivity contribution in [2.75, 3.05) is 26.2 Å². The van der Waals surface area contributed by atoms with Crippen LogP contribution in [-0.2, 0) is 0 Å². The van der Waals surface area contributed by atoms with Gasteiger partial charge in [-0.3, -0.25) is 4.90 Å². The molecule has 2 fully saturated rings. The topological polar surface area (TPSA) is 43.8 Å². The highest BCUT2D eigenvalue weighted by atomic mass is 16.4. The van der Waals surface area contributed by atoms with E-state index in [1.807, 2.05) is 0 Å². The lowest BCUT2D eigenvalue weighted by molar-refractivity contribution is 0.0644. The van der Waals surface area contributed by atoms with Crippen LogP contribution in [0.1, 0.15) is 26.2 Å². The molecule has 1 aliphatic carbocycles. The van der Waals surface area contributed by atoms with Gasteiger partial charge in [-0.25, -0.2) is 4.79 Å². The van der Waals surface area contributed by atoms with E-state index in [1.54, 1.807) is 4.90 Å². The van der Waals surface area contributed by atoms with Crippen LogP contribution in [0.5, 0.6) is 0 Å². The van der Waals surface area contributed by atoms with Crippen LogP contribution in [0.25, 0.3) is 0 Å². The molecule has 1 amide bonds. The highest BCUT2D eigenvalue weighted by molar-refractivity contribution is 5.65. The number of carboxylic acid groups (broad SMARTS) is 1. The van der Waals surface area contributed by atoms with E-state index in [0.717, 1.165) is 18.9 Å². The molecule has 1 aliphatic heterocycles. The molecule has 4 nitrogen and oxygen atoms in total. The smallest absolute Gasteiger partial charge is 0.407 e. The maximum Gasteiger partial charge on any atom is 0.407 e. The maximum atomic E-state index is 10.9. The third-order valence-corrected chi connectivity index (χ3v) is 3.54. The van der Waals surface area contributed by atoms with Gasteiger partial charge < -0.3 is 10.0 Å². The van der Waals surface area contributed by atoms with Gasteiger partial charge in [0, 0.05) is 32.2 Å². The summed E-state index contributed by atoms with van der Waals surface area (Å²) in [5.41, 5.74) is 0. The summed E-state index contributed by atoms with van der Waals surface area (Å²) in [6.45, 7) is 5.63. The van der Waals surface area contributed by atoms with Crippen LogP contribution in [0.3, 0.4) is 0 Å². The first-order valence-electron chi connectivity index (χ1n) is 5.92. The SMILES string of the molecule is CC[C@H]1CN(C(=O)O)CCN1CC1CC1. The van der Waals surface area contributed by atoms with E-state index in [9.17, 15) is 4.79 Å². The fraction of sp³-hybridized carbons (Fsp3) is 0.909. The first kappa shape index (κ1) is 10.7. The summed E-state index contributed by atoms with van der Waals surface area (Å²) in [4.78, 5) is 14.9. The molecule has 0 aromatic heterocycles. The van der Waals surface area contributed by atoms with Gasteiger partial charge >= 0.3 is 6.09 Å². The van der Waals surface area contributed by atoms with Gasteiger partial charge in [-0.05, 0) is 25.2 Å². The maximum absolute atomic E-state index is 10.9. The molecule has 86 valence electrons. The number of rotatable bonds is 3. The highest BCUT2D eigenvalue weighted by Gasteiger charge is 2.32. The number of nitrogens with zero attached hydrogens (tertiary/aromatic N) is 2. The van der Waals surface area contributed by atoms with Crippen molar-refractivity contribution in [2.24, 2.45) is 5.92 Å². The third kappa shape index (κ3) is 2.62. The van der Waals surface area contributed by atoms with Crippen molar-refractivity contribution in [1.29, 1.82) is 0 Å². The summed E-state index contributed by atoms with van der Waals surface area (Å²) >= 11 is 0. The summed E-state index contributed by atoms with van der Waals surface area (Å²) in [5, 5.41) is 8.94. The Morgan fingerprint density at radius 3 is 2.67 bits per heavy atom. The van der Waals surface area contributed by atoms with Crippen molar-refractivity contribution in [3.8, 4) is 0 Å². The van der Waals surface area contributed by atoms with Crippen molar-refractivity contribution < 1.29 is 9.90 Å². The van der Waals surface area contributed by atoms with Gasteiger partial charge in [0.2, 0.25) is 0 Å². The fourth-order valence-electron chi connectivity index (χ4n) is 2.33. The second kappa shape index (κ2) is 4.39. The molecule has 2 aliphatic rings. The Labute approximate surface area is 90.9 Å². The molecule has 4 heteroatoms. The minimum absolute atomic E-state index is 0.440. The Hall–Kier alpha value is -0.770. The van der Waals surface area contributed by atoms with Gasteiger partial charge in [0.1, 0.15) is 0 Å². The van der Waals surface area contributed by atoms with Crippen LogP contribution >= 0.6 is 0 Å². The van der Waals surface area contributed by atoms with E-state index in [4.69, 9.17) is 5.11 Å². The van der Waals surface area contributed by atoms with Crippen LogP contribution in [0.15, 0.2) is 0 Å². The first-order valence-corrected chi connectivity index (χ1v) is 5.92. The highest BCUT2D eigenvalue weighted by Crippen LogP contribution is 2.31. The summed E-state index contributed by atoms with van der Waals surface area (Å²) in [6, 6.07) is 0.440. The molecule has 0 spiro atoms. The lowest BCUT2D eigenvalue weighted by atomic mass is 10.1. The molecule has 0 bridgehead atoms. The van der Waals surface area contributed by atoms with E-state index in [0.29, 0.717) is 19.1 Å². The fourth-order valence-corrected chi connectivity index (χ4v) is 2.33. The molecular formula is C11H20N2O2. The number of hydrogen-bond donors (Lipinski definition) is 1. The average Bonchev–Trinajstić information content (AvgIpc) is 3.02. The molecule has 1 heterocycles. The summed E-state index contributed by atoms with van der Waals surface area (Å²) < 4.78 is 0. The van der Waals surface area contributed by atoms with Gasteiger partial charge in [-0.2, -0.15) is 0 Å². The van der Waals surface area contributed by atoms with Gasteiger partial charge in [0.25, 0.3) is 0 Å². The summed E-state index contributed by atoms with van der Waals surface area (Å²) in [6.07, 6.45) is 3.03. The second-order valence-electron chi connectivity index (χ2n) is 4.73. The Morgan fingerprint density at radius 1 is 1.40 bits per heavy atom. The summed E-state index contributed by atoms with van der Waals surface area (Å²) in [7, 11) is 0. The van der Waals surface area contributed by atoms with E-state index < -0.39 is 6.09 Å². The molecule has 0 aromatic rings. The quantitative estimate of drug-likeness (QED) is 0.770. The Bertz CT molecular complexity index is 241. The molecule has 1 N–H and O–H groups in total. The molecule has 0 aromatic carbocycles. The molecule has 1 saturated carbocycles. The number of amides is 1. The number of carbonyl (C=O) groups is 1. The van der Waals surface area contributed by atoms with Crippen molar-refractivity contribution >= 4 is 6.09 Å². The predicted octanol–water partition coefficient (Wildman–Crippen LogP) is 1.47. The average molecular weight is 212 g/mol. The van der Waals surface area contributed by atoms with Crippen molar-refractivity contribution in [3.63, 3.8) is 0 Å². The molecular weight excluding hydrogens is 192 g/mol. The normalized spacial score (nSPS) is 28.1. The van der Waals surface area contributed by atoms with Gasteiger partial charge in [-0.15, -0.1) is 0 Å². The van der Waals surface area contributed by atoms with E-state index >= 15 is 0 Å². The molecule has 15 heavy (non-hydrogen) atoms. The largest absolute Gasteiger partial charge is 0.465 e. The Kier molecular flexibility index (Phi) is 3.14. The zero-order valence-corrected chi connectivity index (χ0v) is 9.35. The predicted molar refractivity (Wildman–Crippen MR) is 58.0 cm³/mol. The lowest BCUT2D eigenvalue weighted by Gasteiger charge is -2.40. The molecule has 0 unspecified atom stereocenters. The Morgan fingerprint density at radius 2 is 2.13 bits per heavy atom. The standard InChI is InChI=1S/C11H20N2O2/c1-2-10-8-13(11(14)15)6-5-12(10)7-9-3-4-9/h9-10H,2-8H2,1H3,(H,14,15)/t10-/m0/s1. The van der Waals surface area contributed by atoms with Gasteiger partial charge in [-0.1, -0.05) is 6.92 Å². The van der Waals surface area contributed by atoms with Crippen LogP contribution < -0.4 is 0 Å². The van der Waals surface area contributed by atoms with Crippen LogP contribution in [0.2, 0.25) is 0 Å². The minimum Gasteiger partial charge on any atom is -0.465 e. The number of hydrogen-bond acceptors (Lipinski definition) is 2. The number of piperazine rings is 1. The molecule has 1 atom stereocenters. The van der Waals surface area contributed by atoms with Gasteiger partial charge in [0.05, 0.1) is 0 Å². The molecule has 1 saturated heterocycles. The summed E-state index contributed by atoms with van der Waals surface area (Å²) in [5.74, 6) is 0.899. The van der Waals surface area contributed by atoms with E-state index in [1.165, 1.54) is 19.4 Å². The van der Waals surface area contributed by atoms with Crippen LogP contribution in [-0.4, -0.2) is 53.2 Å². The van der Waals surface area contributed by atoms with Crippen LogP contribution in [0.4, 0.5) is 4.79 Å². The van der Waals surface area contributed by atoms with E-state index in [2.05, 4.69) is 11.8 Å².